The predicted octanol–water partition coefficient (Wildman–Crippen LogP) is 4.48. The van der Waals surface area contributed by atoms with Crippen molar-refractivity contribution < 1.29 is 38.4 Å². The number of fused-ring (bicyclic) bond motifs is 2. The largest absolute Gasteiger partial charge is 0.476 e. The third-order valence-corrected chi connectivity index (χ3v) is 6.03. The topological polar surface area (TPSA) is 173 Å². The molecule has 1 N–H and O–H groups in total. The quantitative estimate of drug-likeness (QED) is 0.258. The minimum Gasteiger partial charge on any atom is -0.476 e. The number of ether oxygens (including phenoxy) is 4. The molecule has 2 amide bonds. The Bertz CT molecular complexity index is 1280. The van der Waals surface area contributed by atoms with Crippen molar-refractivity contribution in [3.63, 3.8) is 0 Å². The number of non-ortho nitro benzene ring substituents is 2. The third kappa shape index (κ3) is 8.58. The highest BCUT2D eigenvalue weighted by Gasteiger charge is 2.41. The van der Waals surface area contributed by atoms with E-state index in [9.17, 15) is 29.8 Å². The summed E-state index contributed by atoms with van der Waals surface area (Å²) >= 11 is 3.18. The molecule has 4 rings (SSSR count). The van der Waals surface area contributed by atoms with Gasteiger partial charge in [-0.05, 0) is 39.8 Å². The van der Waals surface area contributed by atoms with Gasteiger partial charge in [0.1, 0.15) is 11.5 Å². The molecule has 0 aromatic heterocycles. The number of rotatable bonds is 7. The minimum absolute atomic E-state index is 0.0812. The first-order valence-corrected chi connectivity index (χ1v) is 13.4. The molecule has 2 aromatic carbocycles. The molecule has 0 atom stereocenters. The van der Waals surface area contributed by atoms with Crippen LogP contribution in [0.15, 0.2) is 36.4 Å². The number of carbonyl (C=O) groups excluding carboxylic acids is 2. The van der Waals surface area contributed by atoms with Crippen LogP contribution in [0.3, 0.4) is 0 Å². The van der Waals surface area contributed by atoms with Crippen molar-refractivity contribution in [1.29, 1.82) is 0 Å². The highest BCUT2D eigenvalue weighted by Crippen LogP contribution is 2.40. The zero-order valence-corrected chi connectivity index (χ0v) is 25.2. The third-order valence-electron chi connectivity index (χ3n) is 5.70. The van der Waals surface area contributed by atoms with Gasteiger partial charge in [0.05, 0.1) is 34.4 Å². The smallest absolute Gasteiger partial charge is 0.271 e. The van der Waals surface area contributed by atoms with Crippen LogP contribution in [0.25, 0.3) is 0 Å². The molecule has 41 heavy (non-hydrogen) atoms. The molecule has 0 radical (unpaired) electrons. The SMILES string of the molecule is CC1(C)Oc2ccc([N+](=O)[O-])cc2NC1=O.COCCBr.COCCN1C(=O)C(C)(C)Oc2ccc([N+](=O)[O-])cc21. The van der Waals surface area contributed by atoms with Crippen LogP contribution in [0.5, 0.6) is 11.5 Å². The number of anilines is 2. The molecular formula is C26H33BrN4O10. The summed E-state index contributed by atoms with van der Waals surface area (Å²) in [5.41, 5.74) is -1.39. The average molecular weight is 641 g/mol. The molecule has 224 valence electrons. The molecule has 2 aliphatic heterocycles. The van der Waals surface area contributed by atoms with Crippen molar-refractivity contribution in [3.05, 3.63) is 56.6 Å². The average Bonchev–Trinajstić information content (AvgIpc) is 2.90. The van der Waals surface area contributed by atoms with Crippen molar-refractivity contribution in [1.82, 2.24) is 0 Å². The van der Waals surface area contributed by atoms with Gasteiger partial charge < -0.3 is 29.2 Å². The highest BCUT2D eigenvalue weighted by molar-refractivity contribution is 9.09. The summed E-state index contributed by atoms with van der Waals surface area (Å²) in [6.07, 6.45) is 0. The van der Waals surface area contributed by atoms with E-state index in [1.807, 2.05) is 0 Å². The van der Waals surface area contributed by atoms with E-state index in [1.54, 1.807) is 34.8 Å². The standard InChI is InChI=1S/C13H16N2O5.C10H10N2O4.C3H7BrO/c1-13(2)12(16)14(6-7-19-3)10-8-9(15(17)18)4-5-11(10)20-13;1-10(2)9(13)11-7-5-6(12(14)15)3-4-8(7)16-10;1-5-3-2-4/h4-5,8H,6-7H2,1-3H3;3-5H,1-2H3,(H,11,13);2-3H2,1H3. The lowest BCUT2D eigenvalue weighted by molar-refractivity contribution is -0.385. The lowest BCUT2D eigenvalue weighted by Crippen LogP contribution is -2.53. The number of nitrogens with zero attached hydrogens (tertiary/aromatic N) is 3. The second-order valence-corrected chi connectivity index (χ2v) is 10.4. The number of alkyl halides is 1. The van der Waals surface area contributed by atoms with Crippen molar-refractivity contribution in [2.24, 2.45) is 0 Å². The van der Waals surface area contributed by atoms with Crippen molar-refractivity contribution >= 4 is 50.5 Å². The van der Waals surface area contributed by atoms with Crippen molar-refractivity contribution in [2.75, 3.05) is 49.5 Å². The Morgan fingerprint density at radius 2 is 1.41 bits per heavy atom. The molecule has 2 aliphatic rings. The Morgan fingerprint density at radius 3 is 1.93 bits per heavy atom. The van der Waals surface area contributed by atoms with Crippen LogP contribution < -0.4 is 19.7 Å². The maximum atomic E-state index is 12.4. The van der Waals surface area contributed by atoms with E-state index in [4.69, 9.17) is 14.2 Å². The number of hydrogen-bond acceptors (Lipinski definition) is 10. The van der Waals surface area contributed by atoms with Crippen LogP contribution in [-0.2, 0) is 19.1 Å². The Balaban J connectivity index is 0.000000251. The first-order valence-electron chi connectivity index (χ1n) is 12.3. The van der Waals surface area contributed by atoms with Crippen LogP contribution in [0.2, 0.25) is 0 Å². The first kappa shape index (κ1) is 33.4. The number of nitro benzene ring substituents is 2. The Kier molecular flexibility index (Phi) is 11.6. The van der Waals surface area contributed by atoms with E-state index in [0.29, 0.717) is 36.0 Å². The van der Waals surface area contributed by atoms with E-state index >= 15 is 0 Å². The van der Waals surface area contributed by atoms with Crippen LogP contribution >= 0.6 is 15.9 Å². The molecule has 0 fully saturated rings. The molecule has 0 bridgehead atoms. The van der Waals surface area contributed by atoms with E-state index in [1.165, 1.54) is 48.4 Å². The molecular weight excluding hydrogens is 608 g/mol. The Morgan fingerprint density at radius 1 is 0.878 bits per heavy atom. The summed E-state index contributed by atoms with van der Waals surface area (Å²) in [6, 6.07) is 8.32. The van der Waals surface area contributed by atoms with Gasteiger partial charge in [-0.2, -0.15) is 0 Å². The predicted molar refractivity (Wildman–Crippen MR) is 154 cm³/mol. The summed E-state index contributed by atoms with van der Waals surface area (Å²) in [7, 11) is 3.21. The number of amides is 2. The van der Waals surface area contributed by atoms with Crippen LogP contribution in [-0.4, -0.2) is 72.2 Å². The van der Waals surface area contributed by atoms with Gasteiger partial charge in [0.15, 0.2) is 11.2 Å². The van der Waals surface area contributed by atoms with Gasteiger partial charge in [0.25, 0.3) is 23.2 Å². The summed E-state index contributed by atoms with van der Waals surface area (Å²) < 4.78 is 20.7. The van der Waals surface area contributed by atoms with Gasteiger partial charge in [0, 0.05) is 50.4 Å². The van der Waals surface area contributed by atoms with E-state index in [2.05, 4.69) is 26.0 Å². The fourth-order valence-electron chi connectivity index (χ4n) is 3.56. The number of hydrogen-bond donors (Lipinski definition) is 1. The number of nitro groups is 2. The fraction of sp³-hybridized carbons (Fsp3) is 0.462. The number of methoxy groups -OCH3 is 2. The van der Waals surface area contributed by atoms with Crippen molar-refractivity contribution in [3.8, 4) is 11.5 Å². The minimum atomic E-state index is -1.00. The van der Waals surface area contributed by atoms with E-state index < -0.39 is 21.0 Å². The molecule has 0 saturated carbocycles. The van der Waals surface area contributed by atoms with Gasteiger partial charge in [0.2, 0.25) is 0 Å². The lowest BCUT2D eigenvalue weighted by Gasteiger charge is -2.38. The van der Waals surface area contributed by atoms with Crippen molar-refractivity contribution in [2.45, 2.75) is 38.9 Å². The van der Waals surface area contributed by atoms with Gasteiger partial charge in [-0.3, -0.25) is 29.8 Å². The summed E-state index contributed by atoms with van der Waals surface area (Å²) in [4.78, 5) is 45.8. The molecule has 0 unspecified atom stereocenters. The number of halogens is 1. The van der Waals surface area contributed by atoms with Gasteiger partial charge >= 0.3 is 0 Å². The van der Waals surface area contributed by atoms with Crippen LogP contribution in [0.4, 0.5) is 22.7 Å². The molecule has 15 heteroatoms. The molecule has 2 aromatic rings. The van der Waals surface area contributed by atoms with Gasteiger partial charge in [-0.15, -0.1) is 0 Å². The molecule has 0 spiro atoms. The first-order chi connectivity index (χ1) is 19.2. The van der Waals surface area contributed by atoms with Gasteiger partial charge in [-0.25, -0.2) is 0 Å². The summed E-state index contributed by atoms with van der Waals surface area (Å²) in [6.45, 7) is 8.05. The second-order valence-electron chi connectivity index (χ2n) is 9.66. The van der Waals surface area contributed by atoms with Gasteiger partial charge in [-0.1, -0.05) is 15.9 Å². The number of nitrogens with one attached hydrogen (secondary N) is 1. The highest BCUT2D eigenvalue weighted by atomic mass is 79.9. The molecule has 0 aliphatic carbocycles. The normalized spacial score (nSPS) is 15.7. The zero-order chi connectivity index (χ0) is 31.0. The second kappa shape index (κ2) is 14.2. The maximum absolute atomic E-state index is 12.4. The van der Waals surface area contributed by atoms with E-state index in [0.717, 1.165) is 11.9 Å². The maximum Gasteiger partial charge on any atom is 0.271 e. The summed E-state index contributed by atoms with van der Waals surface area (Å²) in [5.74, 6) is 0.328. The Hall–Kier alpha value is -3.82. The molecule has 2 heterocycles. The fourth-order valence-corrected chi connectivity index (χ4v) is 3.89. The van der Waals surface area contributed by atoms with Crippen LogP contribution in [0.1, 0.15) is 27.7 Å². The Labute approximate surface area is 245 Å². The molecule has 14 nitrogen and oxygen atoms in total. The zero-order valence-electron chi connectivity index (χ0n) is 23.6. The lowest BCUT2D eigenvalue weighted by atomic mass is 10.0. The molecule has 0 saturated heterocycles. The summed E-state index contributed by atoms with van der Waals surface area (Å²) in [5, 5.41) is 24.9. The van der Waals surface area contributed by atoms with E-state index in [-0.39, 0.29) is 23.2 Å². The van der Waals surface area contributed by atoms with Crippen LogP contribution in [0, 0.1) is 20.2 Å². The number of carbonyl (C=O) groups is 2. The monoisotopic (exact) mass is 640 g/mol. The number of benzene rings is 2.